The average Bonchev–Trinajstić information content (AvgIpc) is 2.69. The van der Waals surface area contributed by atoms with Gasteiger partial charge in [0.2, 0.25) is 5.91 Å². The molecule has 0 saturated carbocycles. The second-order valence-electron chi connectivity index (χ2n) is 6.38. The van der Waals surface area contributed by atoms with Crippen LogP contribution in [0.15, 0.2) is 18.2 Å². The normalized spacial score (nSPS) is 18.6. The van der Waals surface area contributed by atoms with Crippen LogP contribution in [0.3, 0.4) is 0 Å². The van der Waals surface area contributed by atoms with E-state index in [0.29, 0.717) is 13.1 Å². The maximum atomic E-state index is 12.7. The Morgan fingerprint density at radius 1 is 1.42 bits per heavy atom. The molecule has 6 nitrogen and oxygen atoms in total. The van der Waals surface area contributed by atoms with E-state index in [4.69, 9.17) is 9.84 Å². The van der Waals surface area contributed by atoms with Crippen molar-refractivity contribution in [3.63, 3.8) is 0 Å². The van der Waals surface area contributed by atoms with Crippen LogP contribution >= 0.6 is 0 Å². The highest BCUT2D eigenvalue weighted by atomic mass is 16.5. The smallest absolute Gasteiger partial charge is 0.323 e. The molecule has 0 bridgehead atoms. The van der Waals surface area contributed by atoms with Gasteiger partial charge in [0, 0.05) is 13.1 Å². The number of carbonyl (C=O) groups is 2. The molecular formula is C18H26N2O4. The number of ether oxygens (including phenoxy) is 1. The number of carboxylic acids is 1. The predicted octanol–water partition coefficient (Wildman–Crippen LogP) is 1.90. The van der Waals surface area contributed by atoms with E-state index >= 15 is 0 Å². The number of aliphatic carboxylic acids is 1. The van der Waals surface area contributed by atoms with Crippen LogP contribution < -0.4 is 4.74 Å². The van der Waals surface area contributed by atoms with Gasteiger partial charge in [-0.3, -0.25) is 14.5 Å². The lowest BCUT2D eigenvalue weighted by molar-refractivity contribution is -0.146. The van der Waals surface area contributed by atoms with E-state index in [2.05, 4.69) is 6.07 Å². The number of carbonyl (C=O) groups excluding carboxylic acids is 1. The molecule has 1 unspecified atom stereocenters. The summed E-state index contributed by atoms with van der Waals surface area (Å²) in [4.78, 5) is 27.1. The van der Waals surface area contributed by atoms with E-state index in [0.717, 1.165) is 36.1 Å². The number of aryl methyl sites for hydroxylation is 1. The molecule has 1 amide bonds. The second-order valence-corrected chi connectivity index (χ2v) is 6.38. The van der Waals surface area contributed by atoms with Crippen molar-refractivity contribution in [2.24, 2.45) is 0 Å². The lowest BCUT2D eigenvalue weighted by atomic mass is 10.1. The van der Waals surface area contributed by atoms with Crippen molar-refractivity contribution in [1.29, 1.82) is 0 Å². The highest BCUT2D eigenvalue weighted by Crippen LogP contribution is 2.22. The van der Waals surface area contributed by atoms with Crippen LogP contribution in [0.25, 0.3) is 0 Å². The van der Waals surface area contributed by atoms with Crippen LogP contribution in [0.1, 0.15) is 30.4 Å². The van der Waals surface area contributed by atoms with Crippen LogP contribution in [0.4, 0.5) is 0 Å². The maximum absolute atomic E-state index is 12.7. The Hall–Kier alpha value is -2.08. The Morgan fingerprint density at radius 3 is 2.79 bits per heavy atom. The van der Waals surface area contributed by atoms with Gasteiger partial charge in [0.15, 0.2) is 0 Å². The van der Waals surface area contributed by atoms with E-state index in [-0.39, 0.29) is 18.5 Å². The summed E-state index contributed by atoms with van der Waals surface area (Å²) in [6.07, 6.45) is 2.55. The quantitative estimate of drug-likeness (QED) is 0.860. The van der Waals surface area contributed by atoms with Gasteiger partial charge in [-0.2, -0.15) is 0 Å². The second kappa shape index (κ2) is 8.15. The monoisotopic (exact) mass is 334 g/mol. The van der Waals surface area contributed by atoms with E-state index in [1.54, 1.807) is 7.11 Å². The summed E-state index contributed by atoms with van der Waals surface area (Å²) in [5.41, 5.74) is 2.17. The van der Waals surface area contributed by atoms with Crippen molar-refractivity contribution in [1.82, 2.24) is 9.80 Å². The first-order valence-corrected chi connectivity index (χ1v) is 8.26. The van der Waals surface area contributed by atoms with Crippen LogP contribution in [0.2, 0.25) is 0 Å². The zero-order valence-corrected chi connectivity index (χ0v) is 14.6. The first-order chi connectivity index (χ1) is 11.4. The molecule has 1 atom stereocenters. The summed E-state index contributed by atoms with van der Waals surface area (Å²) >= 11 is 0. The third-order valence-electron chi connectivity index (χ3n) is 4.50. The molecule has 1 aromatic rings. The van der Waals surface area contributed by atoms with E-state index in [1.165, 1.54) is 4.90 Å². The molecule has 1 fully saturated rings. The fourth-order valence-electron chi connectivity index (χ4n) is 3.25. The largest absolute Gasteiger partial charge is 0.496 e. The van der Waals surface area contributed by atoms with Crippen molar-refractivity contribution in [3.8, 4) is 5.75 Å². The van der Waals surface area contributed by atoms with Crippen molar-refractivity contribution >= 4 is 11.9 Å². The molecule has 6 heteroatoms. The molecule has 2 rings (SSSR count). The number of carboxylic acid groups (broad SMARTS) is 1. The molecule has 1 aliphatic heterocycles. The zero-order chi connectivity index (χ0) is 17.7. The molecule has 1 heterocycles. The predicted molar refractivity (Wildman–Crippen MR) is 91.1 cm³/mol. The van der Waals surface area contributed by atoms with Crippen LogP contribution in [0.5, 0.6) is 5.75 Å². The van der Waals surface area contributed by atoms with Crippen molar-refractivity contribution in [3.05, 3.63) is 29.3 Å². The summed E-state index contributed by atoms with van der Waals surface area (Å²) in [5.74, 6) is -0.195. The van der Waals surface area contributed by atoms with Crippen LogP contribution in [0, 0.1) is 6.92 Å². The van der Waals surface area contributed by atoms with Crippen molar-refractivity contribution in [2.75, 3.05) is 27.2 Å². The fourth-order valence-corrected chi connectivity index (χ4v) is 3.25. The van der Waals surface area contributed by atoms with Crippen LogP contribution in [-0.4, -0.2) is 60.1 Å². The number of hydrogen-bond donors (Lipinski definition) is 1. The minimum Gasteiger partial charge on any atom is -0.496 e. The van der Waals surface area contributed by atoms with Crippen molar-refractivity contribution in [2.45, 2.75) is 38.8 Å². The summed E-state index contributed by atoms with van der Waals surface area (Å²) in [5, 5.41) is 9.00. The Morgan fingerprint density at radius 2 is 2.17 bits per heavy atom. The standard InChI is InChI=1S/C18H26N2O4/c1-13-10-14(7-8-16(13)24-3)11-19(2)15-6-4-5-9-20(18(15)23)12-17(21)22/h7-8,10,15H,4-6,9,11-12H2,1-3H3,(H,21,22). The Kier molecular flexibility index (Phi) is 6.20. The number of amides is 1. The molecule has 0 spiro atoms. The molecule has 0 aromatic heterocycles. The molecular weight excluding hydrogens is 308 g/mol. The number of benzene rings is 1. The van der Waals surface area contributed by atoms with Crippen LogP contribution in [-0.2, 0) is 16.1 Å². The number of methoxy groups -OCH3 is 1. The van der Waals surface area contributed by atoms with Gasteiger partial charge in [0.05, 0.1) is 13.2 Å². The van der Waals surface area contributed by atoms with Gasteiger partial charge >= 0.3 is 5.97 Å². The summed E-state index contributed by atoms with van der Waals surface area (Å²) in [7, 11) is 3.57. The summed E-state index contributed by atoms with van der Waals surface area (Å²) in [6.45, 7) is 2.94. The third-order valence-corrected chi connectivity index (χ3v) is 4.50. The van der Waals surface area contributed by atoms with E-state index < -0.39 is 5.97 Å². The lowest BCUT2D eigenvalue weighted by Crippen LogP contribution is -2.47. The average molecular weight is 334 g/mol. The lowest BCUT2D eigenvalue weighted by Gasteiger charge is -2.29. The zero-order valence-electron chi connectivity index (χ0n) is 14.6. The van der Waals surface area contributed by atoms with Gasteiger partial charge in [-0.25, -0.2) is 0 Å². The molecule has 1 N–H and O–H groups in total. The molecule has 0 radical (unpaired) electrons. The Labute approximate surface area is 143 Å². The number of likely N-dealkylation sites (N-methyl/N-ethyl adjacent to an activating group) is 1. The fraction of sp³-hybridized carbons (Fsp3) is 0.556. The molecule has 132 valence electrons. The van der Waals surface area contributed by atoms with Gasteiger partial charge in [0.1, 0.15) is 12.3 Å². The Balaban J connectivity index is 2.09. The van der Waals surface area contributed by atoms with Gasteiger partial charge in [0.25, 0.3) is 0 Å². The first kappa shape index (κ1) is 18.3. The molecule has 1 aromatic carbocycles. The minimum absolute atomic E-state index is 0.0809. The number of nitrogens with zero attached hydrogens (tertiary/aromatic N) is 2. The highest BCUT2D eigenvalue weighted by molar-refractivity contribution is 5.85. The summed E-state index contributed by atoms with van der Waals surface area (Å²) < 4.78 is 5.28. The highest BCUT2D eigenvalue weighted by Gasteiger charge is 2.30. The molecule has 0 aliphatic carbocycles. The topological polar surface area (TPSA) is 70.1 Å². The number of rotatable bonds is 6. The van der Waals surface area contributed by atoms with Gasteiger partial charge in [-0.15, -0.1) is 0 Å². The molecule has 24 heavy (non-hydrogen) atoms. The first-order valence-electron chi connectivity index (χ1n) is 8.26. The number of hydrogen-bond acceptors (Lipinski definition) is 4. The summed E-state index contributed by atoms with van der Waals surface area (Å²) in [6, 6.07) is 5.73. The van der Waals surface area contributed by atoms with E-state index in [9.17, 15) is 9.59 Å². The van der Waals surface area contributed by atoms with Crippen molar-refractivity contribution < 1.29 is 19.4 Å². The third kappa shape index (κ3) is 4.47. The Bertz CT molecular complexity index is 603. The molecule has 1 aliphatic rings. The van der Waals surface area contributed by atoms with Gasteiger partial charge in [-0.1, -0.05) is 12.1 Å². The minimum atomic E-state index is -0.961. The molecule has 1 saturated heterocycles. The van der Waals surface area contributed by atoms with Gasteiger partial charge < -0.3 is 14.7 Å². The SMILES string of the molecule is COc1ccc(CN(C)C2CCCCN(CC(=O)O)C2=O)cc1C. The maximum Gasteiger partial charge on any atom is 0.323 e. The number of likely N-dealkylation sites (tertiary alicyclic amines) is 1. The van der Waals surface area contributed by atoms with Gasteiger partial charge in [-0.05, 0) is 50.4 Å². The van der Waals surface area contributed by atoms with E-state index in [1.807, 2.05) is 31.0 Å².